The summed E-state index contributed by atoms with van der Waals surface area (Å²) in [6.07, 6.45) is 0. The summed E-state index contributed by atoms with van der Waals surface area (Å²) in [5.41, 5.74) is 2.99. The van der Waals surface area contributed by atoms with Crippen LogP contribution in [0.2, 0.25) is 0 Å². The van der Waals surface area contributed by atoms with Crippen LogP contribution in [0, 0.1) is 18.3 Å². The molecule has 0 radical (unpaired) electrons. The minimum atomic E-state index is -3.91. The summed E-state index contributed by atoms with van der Waals surface area (Å²) in [5, 5.41) is 8.96. The van der Waals surface area contributed by atoms with Gasteiger partial charge >= 0.3 is 5.69 Å². The molecule has 0 aliphatic heterocycles. The van der Waals surface area contributed by atoms with Gasteiger partial charge in [-0.1, -0.05) is 29.5 Å². The smallest absolute Gasteiger partial charge is 0.295 e. The van der Waals surface area contributed by atoms with Crippen LogP contribution in [0.4, 0.5) is 5.69 Å². The first-order valence-electron chi connectivity index (χ1n) is 9.66. The summed E-state index contributed by atoms with van der Waals surface area (Å²) in [5.74, 6) is 0. The van der Waals surface area contributed by atoms with Crippen molar-refractivity contribution in [2.75, 3.05) is 4.72 Å². The number of hydrogen-bond donors (Lipinski definition) is 1. The van der Waals surface area contributed by atoms with Crippen molar-refractivity contribution in [1.29, 1.82) is 5.26 Å². The molecule has 0 fully saturated rings. The number of nitriles is 1. The molecule has 0 amide bonds. The van der Waals surface area contributed by atoms with E-state index in [1.807, 2.05) is 43.3 Å². The molecule has 0 atom stereocenters. The second-order valence-electron chi connectivity index (χ2n) is 7.39. The Balaban J connectivity index is 1.83. The van der Waals surface area contributed by atoms with Crippen molar-refractivity contribution in [3.63, 3.8) is 0 Å². The zero-order valence-electron chi connectivity index (χ0n) is 17.7. The summed E-state index contributed by atoms with van der Waals surface area (Å²) < 4.78 is 31.8. The Labute approximate surface area is 190 Å². The highest BCUT2D eigenvalue weighted by molar-refractivity contribution is 7.99. The molecule has 0 spiro atoms. The van der Waals surface area contributed by atoms with Gasteiger partial charge in [0.05, 0.1) is 33.2 Å². The van der Waals surface area contributed by atoms with Crippen molar-refractivity contribution in [2.24, 2.45) is 14.1 Å². The number of rotatable bonds is 5. The predicted molar refractivity (Wildman–Crippen MR) is 125 cm³/mol. The summed E-state index contributed by atoms with van der Waals surface area (Å²) in [7, 11) is -0.576. The lowest BCUT2D eigenvalue weighted by Gasteiger charge is -2.14. The highest BCUT2D eigenvalue weighted by atomic mass is 32.2. The molecular weight excluding hydrogens is 444 g/mol. The van der Waals surface area contributed by atoms with Crippen LogP contribution in [0.3, 0.4) is 0 Å². The van der Waals surface area contributed by atoms with Gasteiger partial charge in [-0.05, 0) is 55.5 Å². The van der Waals surface area contributed by atoms with Gasteiger partial charge in [0.15, 0.2) is 0 Å². The lowest BCUT2D eigenvalue weighted by atomic mass is 10.2. The number of nitrogens with one attached hydrogen (secondary N) is 1. The quantitative estimate of drug-likeness (QED) is 0.481. The molecule has 0 aliphatic rings. The Morgan fingerprint density at radius 3 is 2.12 bits per heavy atom. The summed E-state index contributed by atoms with van der Waals surface area (Å²) in [6, 6.07) is 19.1. The van der Waals surface area contributed by atoms with Gasteiger partial charge in [0.1, 0.15) is 0 Å². The average molecular weight is 465 g/mol. The maximum Gasteiger partial charge on any atom is 0.328 e. The highest BCUT2D eigenvalue weighted by Crippen LogP contribution is 2.37. The molecule has 0 aliphatic carbocycles. The number of nitrogens with zero attached hydrogens (tertiary/aromatic N) is 3. The van der Waals surface area contributed by atoms with Crippen LogP contribution >= 0.6 is 11.8 Å². The number of aryl methyl sites for hydroxylation is 3. The van der Waals surface area contributed by atoms with Crippen molar-refractivity contribution >= 4 is 38.5 Å². The zero-order chi connectivity index (χ0) is 23.0. The molecule has 1 heterocycles. The van der Waals surface area contributed by atoms with Crippen LogP contribution in [0.1, 0.15) is 11.1 Å². The van der Waals surface area contributed by atoms with Crippen molar-refractivity contribution in [1.82, 2.24) is 9.13 Å². The highest BCUT2D eigenvalue weighted by Gasteiger charge is 2.19. The number of imidazole rings is 1. The number of anilines is 1. The Hall–Kier alpha value is -3.48. The Kier molecular flexibility index (Phi) is 5.59. The van der Waals surface area contributed by atoms with Crippen molar-refractivity contribution in [3.05, 3.63) is 82.3 Å². The van der Waals surface area contributed by atoms with Gasteiger partial charge in [0.25, 0.3) is 10.0 Å². The Bertz CT molecular complexity index is 1530. The molecule has 1 N–H and O–H groups in total. The fourth-order valence-electron chi connectivity index (χ4n) is 3.34. The maximum atomic E-state index is 13.1. The summed E-state index contributed by atoms with van der Waals surface area (Å²) >= 11 is 1.41. The van der Waals surface area contributed by atoms with Crippen LogP contribution in [0.5, 0.6) is 0 Å². The minimum absolute atomic E-state index is 0.0461. The molecule has 3 aromatic carbocycles. The van der Waals surface area contributed by atoms with E-state index in [9.17, 15) is 13.2 Å². The van der Waals surface area contributed by atoms with E-state index >= 15 is 0 Å². The third-order valence-electron chi connectivity index (χ3n) is 5.16. The van der Waals surface area contributed by atoms with E-state index < -0.39 is 10.0 Å². The van der Waals surface area contributed by atoms with Gasteiger partial charge in [-0.3, -0.25) is 13.9 Å². The van der Waals surface area contributed by atoms with Gasteiger partial charge < -0.3 is 0 Å². The molecular formula is C23H20N4O3S2. The number of benzene rings is 3. The molecule has 0 unspecified atom stereocenters. The summed E-state index contributed by atoms with van der Waals surface area (Å²) in [4.78, 5) is 14.1. The van der Waals surface area contributed by atoms with Gasteiger partial charge in [-0.25, -0.2) is 13.2 Å². The molecule has 0 saturated carbocycles. The SMILES string of the molecule is Cc1ccc(Sc2cc3c(cc2NS(=O)(=O)c2ccc(C#N)cc2)n(C)c(=O)n3C)cc1. The Morgan fingerprint density at radius 1 is 0.938 bits per heavy atom. The Morgan fingerprint density at radius 2 is 1.53 bits per heavy atom. The molecule has 32 heavy (non-hydrogen) atoms. The topological polar surface area (TPSA) is 96.9 Å². The van der Waals surface area contributed by atoms with Gasteiger partial charge in [0, 0.05) is 23.9 Å². The minimum Gasteiger partial charge on any atom is -0.295 e. The zero-order valence-corrected chi connectivity index (χ0v) is 19.3. The molecule has 4 aromatic rings. The fourth-order valence-corrected chi connectivity index (χ4v) is 5.39. The van der Waals surface area contributed by atoms with Gasteiger partial charge in [-0.2, -0.15) is 5.26 Å². The van der Waals surface area contributed by atoms with E-state index in [1.54, 1.807) is 20.2 Å². The van der Waals surface area contributed by atoms with Crippen LogP contribution in [-0.4, -0.2) is 17.6 Å². The first-order valence-corrected chi connectivity index (χ1v) is 12.0. The second kappa shape index (κ2) is 8.22. The summed E-state index contributed by atoms with van der Waals surface area (Å²) in [6.45, 7) is 2.00. The average Bonchev–Trinajstić information content (AvgIpc) is 2.99. The van der Waals surface area contributed by atoms with Crippen LogP contribution in [0.15, 0.2) is 80.1 Å². The van der Waals surface area contributed by atoms with E-state index in [-0.39, 0.29) is 10.6 Å². The number of sulfonamides is 1. The molecule has 7 nitrogen and oxygen atoms in total. The number of hydrogen-bond acceptors (Lipinski definition) is 5. The van der Waals surface area contributed by atoms with Crippen LogP contribution in [0.25, 0.3) is 11.0 Å². The van der Waals surface area contributed by atoms with E-state index in [1.165, 1.54) is 45.2 Å². The van der Waals surface area contributed by atoms with Crippen molar-refractivity contribution in [3.8, 4) is 6.07 Å². The fraction of sp³-hybridized carbons (Fsp3) is 0.130. The number of fused-ring (bicyclic) bond motifs is 1. The second-order valence-corrected chi connectivity index (χ2v) is 10.2. The monoisotopic (exact) mass is 464 g/mol. The standard InChI is InChI=1S/C23H20N4O3S2/c1-15-4-8-17(9-5-15)31-22-13-21-20(26(2)23(28)27(21)3)12-19(22)25-32(29,30)18-10-6-16(14-24)7-11-18/h4-13,25H,1-3H3. The predicted octanol–water partition coefficient (Wildman–Crippen LogP) is 4.01. The molecule has 1 aromatic heterocycles. The largest absolute Gasteiger partial charge is 0.328 e. The third kappa shape index (κ3) is 4.02. The van der Waals surface area contributed by atoms with Crippen LogP contribution in [-0.2, 0) is 24.1 Å². The third-order valence-corrected chi connectivity index (χ3v) is 7.61. The lowest BCUT2D eigenvalue weighted by Crippen LogP contribution is -2.19. The van der Waals surface area contributed by atoms with Crippen molar-refractivity contribution in [2.45, 2.75) is 21.6 Å². The van der Waals surface area contributed by atoms with Crippen LogP contribution < -0.4 is 10.4 Å². The molecule has 9 heteroatoms. The first kappa shape index (κ1) is 21.7. The lowest BCUT2D eigenvalue weighted by molar-refractivity contribution is 0.601. The van der Waals surface area contributed by atoms with E-state index in [2.05, 4.69) is 4.72 Å². The van der Waals surface area contributed by atoms with E-state index in [0.29, 0.717) is 27.2 Å². The maximum absolute atomic E-state index is 13.1. The molecule has 162 valence electrons. The molecule has 0 saturated heterocycles. The van der Waals surface area contributed by atoms with E-state index in [4.69, 9.17) is 5.26 Å². The first-order chi connectivity index (χ1) is 15.2. The van der Waals surface area contributed by atoms with Gasteiger partial charge in [-0.15, -0.1) is 0 Å². The number of aromatic nitrogens is 2. The van der Waals surface area contributed by atoms with Crippen molar-refractivity contribution < 1.29 is 8.42 Å². The molecule has 4 rings (SSSR count). The van der Waals surface area contributed by atoms with E-state index in [0.717, 1.165) is 10.5 Å². The van der Waals surface area contributed by atoms with Gasteiger partial charge in [0.2, 0.25) is 0 Å². The normalized spacial score (nSPS) is 11.4. The molecule has 0 bridgehead atoms.